The lowest BCUT2D eigenvalue weighted by Gasteiger charge is -2.10. The quantitative estimate of drug-likeness (QED) is 0.881. The zero-order valence-electron chi connectivity index (χ0n) is 11.4. The normalized spacial score (nSPS) is 10.7. The van der Waals surface area contributed by atoms with Crippen molar-refractivity contribution in [1.29, 1.82) is 0 Å². The van der Waals surface area contributed by atoms with Crippen molar-refractivity contribution in [3.63, 3.8) is 0 Å². The van der Waals surface area contributed by atoms with Crippen molar-refractivity contribution in [2.45, 2.75) is 19.8 Å². The molecule has 0 bridgehead atoms. The van der Waals surface area contributed by atoms with Crippen molar-refractivity contribution in [2.75, 3.05) is 0 Å². The Kier molecular flexibility index (Phi) is 4.42. The molecule has 1 heterocycles. The van der Waals surface area contributed by atoms with Crippen LogP contribution in [-0.4, -0.2) is 21.0 Å². The molecule has 1 aromatic carbocycles. The Hall–Kier alpha value is -2.15. The van der Waals surface area contributed by atoms with Gasteiger partial charge in [-0.25, -0.2) is 4.79 Å². The van der Waals surface area contributed by atoms with Gasteiger partial charge in [-0.05, 0) is 18.2 Å². The minimum atomic E-state index is -1.12. The molecule has 6 nitrogen and oxygen atoms in total. The molecule has 0 saturated carbocycles. The van der Waals surface area contributed by atoms with Crippen LogP contribution in [-0.2, 0) is 0 Å². The van der Waals surface area contributed by atoms with Crippen LogP contribution in [0.1, 0.15) is 35.9 Å². The molecule has 2 N–H and O–H groups in total. The number of hydrogen-bond donors (Lipinski definition) is 2. The predicted molar refractivity (Wildman–Crippen MR) is 80.1 cm³/mol. The Morgan fingerprint density at radius 2 is 2.10 bits per heavy atom. The molecule has 0 saturated heterocycles. The SMILES string of the molecule is CC(C)c1nc(Oc2cc(Br)ccc2C(=O)O)cc(=O)[nH]1. The third-order valence-corrected chi connectivity index (χ3v) is 3.17. The highest BCUT2D eigenvalue weighted by Gasteiger charge is 2.14. The Morgan fingerprint density at radius 3 is 2.71 bits per heavy atom. The van der Waals surface area contributed by atoms with Crippen molar-refractivity contribution >= 4 is 21.9 Å². The number of nitrogens with one attached hydrogen (secondary N) is 1. The first-order valence-electron chi connectivity index (χ1n) is 6.19. The summed E-state index contributed by atoms with van der Waals surface area (Å²) < 4.78 is 6.14. The number of rotatable bonds is 4. The second-order valence-corrected chi connectivity index (χ2v) is 5.59. The van der Waals surface area contributed by atoms with E-state index in [0.29, 0.717) is 10.3 Å². The fourth-order valence-electron chi connectivity index (χ4n) is 1.65. The summed E-state index contributed by atoms with van der Waals surface area (Å²) in [6, 6.07) is 5.71. The predicted octanol–water partition coefficient (Wildman–Crippen LogP) is 3.15. The van der Waals surface area contributed by atoms with E-state index in [2.05, 4.69) is 25.9 Å². The summed E-state index contributed by atoms with van der Waals surface area (Å²) in [5.41, 5.74) is -0.359. The fraction of sp³-hybridized carbons (Fsp3) is 0.214. The monoisotopic (exact) mass is 352 g/mol. The number of aromatic carboxylic acids is 1. The van der Waals surface area contributed by atoms with Crippen molar-refractivity contribution in [2.24, 2.45) is 0 Å². The van der Waals surface area contributed by atoms with Crippen LogP contribution in [0, 0.1) is 0 Å². The number of carboxylic acid groups (broad SMARTS) is 1. The molecule has 0 aliphatic carbocycles. The minimum Gasteiger partial charge on any atom is -0.478 e. The van der Waals surface area contributed by atoms with Gasteiger partial charge in [-0.15, -0.1) is 0 Å². The van der Waals surface area contributed by atoms with Gasteiger partial charge in [0.2, 0.25) is 5.88 Å². The maximum Gasteiger partial charge on any atom is 0.339 e. The van der Waals surface area contributed by atoms with Gasteiger partial charge in [-0.2, -0.15) is 4.98 Å². The molecule has 21 heavy (non-hydrogen) atoms. The van der Waals surface area contributed by atoms with Crippen LogP contribution in [0.5, 0.6) is 11.6 Å². The van der Waals surface area contributed by atoms with Crippen LogP contribution in [0.2, 0.25) is 0 Å². The first-order chi connectivity index (χ1) is 9.86. The van der Waals surface area contributed by atoms with Gasteiger partial charge in [-0.3, -0.25) is 4.79 Å². The standard InChI is InChI=1S/C14H13BrN2O4/c1-7(2)13-16-11(18)6-12(17-13)21-10-5-8(15)3-4-9(10)14(19)20/h3-7H,1-2H3,(H,19,20)(H,16,17,18). The molecule has 7 heteroatoms. The molecule has 110 valence electrons. The number of hydrogen-bond acceptors (Lipinski definition) is 4. The summed E-state index contributed by atoms with van der Waals surface area (Å²) in [7, 11) is 0. The van der Waals surface area contributed by atoms with Crippen LogP contribution in [0.15, 0.2) is 33.5 Å². The number of aromatic amines is 1. The topological polar surface area (TPSA) is 92.3 Å². The summed E-state index contributed by atoms with van der Waals surface area (Å²) in [5, 5.41) is 9.15. The highest BCUT2D eigenvalue weighted by atomic mass is 79.9. The number of benzene rings is 1. The van der Waals surface area contributed by atoms with Crippen molar-refractivity contribution in [3.8, 4) is 11.6 Å². The second kappa shape index (κ2) is 6.09. The number of halogens is 1. The second-order valence-electron chi connectivity index (χ2n) is 4.67. The number of H-pyrrole nitrogens is 1. The zero-order chi connectivity index (χ0) is 15.6. The van der Waals surface area contributed by atoms with Crippen molar-refractivity contribution in [3.05, 3.63) is 50.5 Å². The third-order valence-electron chi connectivity index (χ3n) is 2.67. The van der Waals surface area contributed by atoms with Gasteiger partial charge in [0.1, 0.15) is 17.1 Å². The number of carboxylic acids is 1. The molecule has 0 aliphatic heterocycles. The van der Waals surface area contributed by atoms with Crippen LogP contribution in [0.4, 0.5) is 0 Å². The first kappa shape index (κ1) is 15.2. The molecule has 0 fully saturated rings. The van der Waals surface area contributed by atoms with Gasteiger partial charge in [-0.1, -0.05) is 29.8 Å². The highest BCUT2D eigenvalue weighted by Crippen LogP contribution is 2.27. The molecule has 2 aromatic rings. The molecule has 0 unspecified atom stereocenters. The molecule has 0 amide bonds. The van der Waals surface area contributed by atoms with E-state index >= 15 is 0 Å². The number of aromatic nitrogens is 2. The van der Waals surface area contributed by atoms with Gasteiger partial charge in [0.15, 0.2) is 0 Å². The average molecular weight is 353 g/mol. The third kappa shape index (κ3) is 3.69. The molecule has 0 radical (unpaired) electrons. The fourth-order valence-corrected chi connectivity index (χ4v) is 1.99. The van der Waals surface area contributed by atoms with Gasteiger partial charge < -0.3 is 14.8 Å². The molecule has 0 atom stereocenters. The Labute approximate surface area is 128 Å². The maximum atomic E-state index is 11.6. The van der Waals surface area contributed by atoms with Crippen molar-refractivity contribution < 1.29 is 14.6 Å². The van der Waals surface area contributed by atoms with Gasteiger partial charge in [0.05, 0.1) is 6.07 Å². The molecule has 2 rings (SSSR count). The van der Waals surface area contributed by atoms with Crippen LogP contribution in [0.3, 0.4) is 0 Å². The Bertz CT molecular complexity index is 740. The lowest BCUT2D eigenvalue weighted by molar-refractivity contribution is 0.0694. The lowest BCUT2D eigenvalue weighted by atomic mass is 10.2. The van der Waals surface area contributed by atoms with E-state index in [1.807, 2.05) is 13.8 Å². The lowest BCUT2D eigenvalue weighted by Crippen LogP contribution is -2.12. The minimum absolute atomic E-state index is 0.00798. The molecule has 0 aliphatic rings. The highest BCUT2D eigenvalue weighted by molar-refractivity contribution is 9.10. The molecule has 1 aromatic heterocycles. The van der Waals surface area contributed by atoms with E-state index in [0.717, 1.165) is 0 Å². The molecule has 0 spiro atoms. The van der Waals surface area contributed by atoms with Gasteiger partial charge >= 0.3 is 5.97 Å². The first-order valence-corrected chi connectivity index (χ1v) is 6.98. The van der Waals surface area contributed by atoms with Crippen LogP contribution < -0.4 is 10.3 Å². The van der Waals surface area contributed by atoms with Gasteiger partial charge in [0.25, 0.3) is 5.56 Å². The zero-order valence-corrected chi connectivity index (χ0v) is 13.0. The molecular weight excluding hydrogens is 340 g/mol. The Morgan fingerprint density at radius 1 is 1.38 bits per heavy atom. The summed E-state index contributed by atoms with van der Waals surface area (Å²) in [6.07, 6.45) is 0. The summed E-state index contributed by atoms with van der Waals surface area (Å²) >= 11 is 3.25. The van der Waals surface area contributed by atoms with E-state index in [-0.39, 0.29) is 28.7 Å². The maximum absolute atomic E-state index is 11.6. The van der Waals surface area contributed by atoms with E-state index in [9.17, 15) is 9.59 Å². The van der Waals surface area contributed by atoms with E-state index in [1.165, 1.54) is 18.2 Å². The average Bonchev–Trinajstić information content (AvgIpc) is 2.37. The summed E-state index contributed by atoms with van der Waals surface area (Å²) in [5.74, 6) is -0.453. The summed E-state index contributed by atoms with van der Waals surface area (Å²) in [6.45, 7) is 3.76. The number of ether oxygens (including phenoxy) is 1. The van der Waals surface area contributed by atoms with E-state index in [4.69, 9.17) is 9.84 Å². The smallest absolute Gasteiger partial charge is 0.339 e. The van der Waals surface area contributed by atoms with Gasteiger partial charge in [0, 0.05) is 10.4 Å². The van der Waals surface area contributed by atoms with Crippen LogP contribution >= 0.6 is 15.9 Å². The van der Waals surface area contributed by atoms with Crippen LogP contribution in [0.25, 0.3) is 0 Å². The van der Waals surface area contributed by atoms with E-state index in [1.54, 1.807) is 6.07 Å². The summed E-state index contributed by atoms with van der Waals surface area (Å²) in [4.78, 5) is 29.6. The van der Waals surface area contributed by atoms with Crippen molar-refractivity contribution in [1.82, 2.24) is 9.97 Å². The van der Waals surface area contributed by atoms with E-state index < -0.39 is 5.97 Å². The molecular formula is C14H13BrN2O4. The largest absolute Gasteiger partial charge is 0.478 e. The number of nitrogens with zero attached hydrogens (tertiary/aromatic N) is 1. The number of carbonyl (C=O) groups is 1. The Balaban J connectivity index is 2.45.